The van der Waals surface area contributed by atoms with Crippen molar-refractivity contribution in [3.8, 4) is 0 Å². The van der Waals surface area contributed by atoms with E-state index in [2.05, 4.69) is 10.6 Å². The van der Waals surface area contributed by atoms with E-state index < -0.39 is 29.3 Å². The second-order valence-electron chi connectivity index (χ2n) is 12.2. The average Bonchev–Trinajstić information content (AvgIpc) is 2.69. The van der Waals surface area contributed by atoms with Crippen molar-refractivity contribution in [1.82, 2.24) is 15.5 Å². The van der Waals surface area contributed by atoms with Gasteiger partial charge < -0.3 is 20.3 Å². The third-order valence-electron chi connectivity index (χ3n) is 5.64. The van der Waals surface area contributed by atoms with Crippen LogP contribution in [0.1, 0.15) is 104 Å². The third kappa shape index (κ3) is 10.6. The van der Waals surface area contributed by atoms with Gasteiger partial charge in [0.2, 0.25) is 11.8 Å². The molecular weight excluding hydrogens is 454 g/mol. The van der Waals surface area contributed by atoms with Gasteiger partial charge in [-0.05, 0) is 90.8 Å². The van der Waals surface area contributed by atoms with E-state index in [1.54, 1.807) is 25.7 Å². The summed E-state index contributed by atoms with van der Waals surface area (Å²) in [5, 5.41) is 5.86. The highest BCUT2D eigenvalue weighted by Gasteiger charge is 2.37. The van der Waals surface area contributed by atoms with Crippen molar-refractivity contribution in [3.63, 3.8) is 0 Å². The first kappa shape index (κ1) is 31.5. The smallest absolute Gasteiger partial charge is 0.408 e. The Balaban J connectivity index is 3.55. The normalized spacial score (nSPS) is 13.7. The molecule has 7 nitrogen and oxygen atoms in total. The summed E-state index contributed by atoms with van der Waals surface area (Å²) in [7, 11) is 0. The van der Waals surface area contributed by atoms with Gasteiger partial charge >= 0.3 is 6.09 Å². The third-order valence-corrected chi connectivity index (χ3v) is 5.64. The summed E-state index contributed by atoms with van der Waals surface area (Å²) in [6.45, 7) is 21.6. The molecule has 1 aromatic rings. The van der Waals surface area contributed by atoms with Gasteiger partial charge in [-0.2, -0.15) is 0 Å². The van der Waals surface area contributed by atoms with Crippen LogP contribution in [0.15, 0.2) is 18.2 Å². The van der Waals surface area contributed by atoms with Gasteiger partial charge in [-0.25, -0.2) is 4.79 Å². The van der Waals surface area contributed by atoms with Crippen molar-refractivity contribution in [2.75, 3.05) is 6.54 Å². The van der Waals surface area contributed by atoms with Crippen molar-refractivity contribution in [2.45, 2.75) is 119 Å². The van der Waals surface area contributed by atoms with Crippen LogP contribution in [0, 0.1) is 19.8 Å². The Morgan fingerprint density at radius 3 is 2.08 bits per heavy atom. The fourth-order valence-electron chi connectivity index (χ4n) is 3.88. The lowest BCUT2D eigenvalue weighted by molar-refractivity contribution is -0.143. The Kier molecular flexibility index (Phi) is 11.5. The van der Waals surface area contributed by atoms with Gasteiger partial charge in [-0.3, -0.25) is 9.59 Å². The first-order chi connectivity index (χ1) is 16.4. The molecule has 0 aromatic heterocycles. The molecular formula is C29H49N3O4. The molecule has 2 N–H and O–H groups in total. The average molecular weight is 504 g/mol. The van der Waals surface area contributed by atoms with Crippen molar-refractivity contribution < 1.29 is 19.1 Å². The molecule has 0 aliphatic carbocycles. The zero-order valence-electron chi connectivity index (χ0n) is 24.4. The molecule has 0 spiro atoms. The van der Waals surface area contributed by atoms with Gasteiger partial charge in [-0.1, -0.05) is 45.4 Å². The van der Waals surface area contributed by atoms with Crippen LogP contribution in [-0.4, -0.2) is 46.5 Å². The molecule has 3 amide bonds. The van der Waals surface area contributed by atoms with Crippen molar-refractivity contribution >= 4 is 17.9 Å². The highest BCUT2D eigenvalue weighted by atomic mass is 16.6. The topological polar surface area (TPSA) is 87.7 Å². The van der Waals surface area contributed by atoms with E-state index in [-0.39, 0.29) is 17.7 Å². The number of carbonyl (C=O) groups excluding carboxylic acids is 3. The number of rotatable bonds is 10. The largest absolute Gasteiger partial charge is 0.444 e. The highest BCUT2D eigenvalue weighted by molar-refractivity contribution is 5.92. The number of hydrogen-bond acceptors (Lipinski definition) is 4. The number of nitrogens with zero attached hydrogens (tertiary/aromatic N) is 1. The Hall–Kier alpha value is -2.57. The van der Waals surface area contributed by atoms with Crippen LogP contribution < -0.4 is 10.6 Å². The van der Waals surface area contributed by atoms with Crippen LogP contribution in [0.3, 0.4) is 0 Å². The summed E-state index contributed by atoms with van der Waals surface area (Å²) in [5.74, 6) is -0.378. The summed E-state index contributed by atoms with van der Waals surface area (Å²) >= 11 is 0. The fraction of sp³-hybridized carbons (Fsp3) is 0.690. The monoisotopic (exact) mass is 503 g/mol. The van der Waals surface area contributed by atoms with Crippen LogP contribution in [-0.2, 0) is 14.3 Å². The molecule has 0 aliphatic rings. The summed E-state index contributed by atoms with van der Waals surface area (Å²) in [5.41, 5.74) is 1.76. The quantitative estimate of drug-likeness (QED) is 0.421. The number of benzene rings is 1. The molecule has 1 aromatic carbocycles. The minimum absolute atomic E-state index is 0.144. The second kappa shape index (κ2) is 13.1. The lowest BCUT2D eigenvalue weighted by Crippen LogP contribution is -2.55. The maximum absolute atomic E-state index is 14.1. The Bertz CT molecular complexity index is 897. The van der Waals surface area contributed by atoms with Crippen LogP contribution in [0.5, 0.6) is 0 Å². The maximum atomic E-state index is 14.1. The predicted molar refractivity (Wildman–Crippen MR) is 146 cm³/mol. The number of alkyl carbamates (subject to hydrolysis) is 1. The van der Waals surface area contributed by atoms with Crippen LogP contribution in [0.4, 0.5) is 4.79 Å². The van der Waals surface area contributed by atoms with E-state index in [4.69, 9.17) is 4.74 Å². The molecule has 1 rings (SSSR count). The van der Waals surface area contributed by atoms with Crippen LogP contribution in [0.25, 0.3) is 0 Å². The Morgan fingerprint density at radius 2 is 1.61 bits per heavy atom. The molecule has 2 unspecified atom stereocenters. The lowest BCUT2D eigenvalue weighted by Gasteiger charge is -2.36. The van der Waals surface area contributed by atoms with Gasteiger partial charge in [-0.15, -0.1) is 0 Å². The second-order valence-corrected chi connectivity index (χ2v) is 12.2. The predicted octanol–water partition coefficient (Wildman–Crippen LogP) is 5.83. The Labute approximate surface area is 218 Å². The minimum atomic E-state index is -0.822. The number of unbranched alkanes of at least 4 members (excludes halogenated alkanes) is 1. The van der Waals surface area contributed by atoms with Gasteiger partial charge in [0.25, 0.3) is 0 Å². The number of hydrogen-bond donors (Lipinski definition) is 2. The zero-order chi connectivity index (χ0) is 27.8. The first-order valence-corrected chi connectivity index (χ1v) is 13.1. The summed E-state index contributed by atoms with van der Waals surface area (Å²) in [4.78, 5) is 42.1. The van der Waals surface area contributed by atoms with E-state index in [1.165, 1.54) is 0 Å². The molecule has 2 atom stereocenters. The molecule has 204 valence electrons. The van der Waals surface area contributed by atoms with Crippen molar-refractivity contribution in [2.24, 2.45) is 5.92 Å². The first-order valence-electron chi connectivity index (χ1n) is 13.1. The number of aryl methyl sites for hydroxylation is 2. The van der Waals surface area contributed by atoms with E-state index >= 15 is 0 Å². The molecule has 0 saturated heterocycles. The highest BCUT2D eigenvalue weighted by Crippen LogP contribution is 2.27. The van der Waals surface area contributed by atoms with Gasteiger partial charge in [0.1, 0.15) is 17.7 Å². The van der Waals surface area contributed by atoms with E-state index in [9.17, 15) is 14.4 Å². The van der Waals surface area contributed by atoms with E-state index in [0.29, 0.717) is 13.0 Å². The number of ether oxygens (including phenoxy) is 1. The fourth-order valence-corrected chi connectivity index (χ4v) is 3.88. The van der Waals surface area contributed by atoms with Gasteiger partial charge in [0.05, 0.1) is 0 Å². The van der Waals surface area contributed by atoms with Crippen molar-refractivity contribution in [3.05, 3.63) is 34.9 Å². The molecule has 7 heteroatoms. The number of nitrogens with one attached hydrogen (secondary N) is 2. The molecule has 0 heterocycles. The summed E-state index contributed by atoms with van der Waals surface area (Å²) in [6, 6.07) is 4.24. The van der Waals surface area contributed by atoms with Crippen molar-refractivity contribution in [1.29, 1.82) is 0 Å². The SMILES string of the molecule is CCCCN(C(=O)C(CC(C)C)NC(=O)OC(C)(C)C)C(C(=O)NC(C)(C)C)c1ccc(C)c(C)c1. The summed E-state index contributed by atoms with van der Waals surface area (Å²) in [6.07, 6.45) is 1.38. The lowest BCUT2D eigenvalue weighted by atomic mass is 9.96. The van der Waals surface area contributed by atoms with Crippen LogP contribution in [0.2, 0.25) is 0 Å². The van der Waals surface area contributed by atoms with Gasteiger partial charge in [0.15, 0.2) is 0 Å². The molecule has 0 radical (unpaired) electrons. The van der Waals surface area contributed by atoms with E-state index in [0.717, 1.165) is 29.5 Å². The standard InChI is InChI=1S/C29H49N3O4/c1-12-13-16-32(26(34)23(17-19(2)3)30-27(35)36-29(9,10)11)24(25(33)31-28(6,7)8)22-15-14-20(4)21(5)18-22/h14-15,18-19,23-24H,12-13,16-17H2,1-11H3,(H,30,35)(H,31,33). The zero-order valence-corrected chi connectivity index (χ0v) is 24.4. The van der Waals surface area contributed by atoms with Gasteiger partial charge in [0, 0.05) is 12.1 Å². The van der Waals surface area contributed by atoms with Crippen LogP contribution >= 0.6 is 0 Å². The molecule has 36 heavy (non-hydrogen) atoms. The summed E-state index contributed by atoms with van der Waals surface area (Å²) < 4.78 is 5.45. The minimum Gasteiger partial charge on any atom is -0.444 e. The Morgan fingerprint density at radius 1 is 1.00 bits per heavy atom. The molecule has 0 fully saturated rings. The molecule has 0 saturated carbocycles. The molecule has 0 bridgehead atoms. The molecule has 0 aliphatic heterocycles. The maximum Gasteiger partial charge on any atom is 0.408 e. The van der Waals surface area contributed by atoms with E-state index in [1.807, 2.05) is 73.6 Å². The number of carbonyl (C=O) groups is 3. The number of amides is 3.